The van der Waals surface area contributed by atoms with Crippen molar-refractivity contribution < 1.29 is 22.3 Å². The van der Waals surface area contributed by atoms with Crippen molar-refractivity contribution in [1.82, 2.24) is 9.62 Å². The van der Waals surface area contributed by atoms with E-state index in [4.69, 9.17) is 4.74 Å². The highest BCUT2D eigenvalue weighted by Gasteiger charge is 2.35. The second-order valence-electron chi connectivity index (χ2n) is 6.77. The Kier molecular flexibility index (Phi) is 6.18. The van der Waals surface area contributed by atoms with E-state index >= 15 is 0 Å². The Balaban J connectivity index is 2.23. The molecule has 1 aromatic rings. The molecule has 140 valence electrons. The average Bonchev–Trinajstić information content (AvgIpc) is 2.51. The molecule has 1 aliphatic heterocycles. The molecule has 1 fully saturated rings. The first kappa shape index (κ1) is 19.8. The average molecular weight is 372 g/mol. The minimum Gasteiger partial charge on any atom is -0.372 e. The fourth-order valence-electron chi connectivity index (χ4n) is 2.92. The molecule has 8 heteroatoms. The highest BCUT2D eigenvalue weighted by Crippen LogP contribution is 2.18. The van der Waals surface area contributed by atoms with E-state index in [0.29, 0.717) is 13.1 Å². The van der Waals surface area contributed by atoms with Crippen molar-refractivity contribution in [3.63, 3.8) is 0 Å². The predicted molar refractivity (Wildman–Crippen MR) is 91.9 cm³/mol. The van der Waals surface area contributed by atoms with Crippen LogP contribution in [0.15, 0.2) is 29.2 Å². The van der Waals surface area contributed by atoms with Gasteiger partial charge in [0.05, 0.1) is 12.2 Å². The minimum atomic E-state index is -4.15. The molecule has 0 aliphatic carbocycles. The van der Waals surface area contributed by atoms with E-state index in [0.717, 1.165) is 6.07 Å². The first-order valence-corrected chi connectivity index (χ1v) is 9.81. The van der Waals surface area contributed by atoms with Gasteiger partial charge in [0.1, 0.15) is 16.8 Å². The Morgan fingerprint density at radius 3 is 2.32 bits per heavy atom. The third-order valence-electron chi connectivity index (χ3n) is 4.07. The lowest BCUT2D eigenvalue weighted by Gasteiger charge is -2.38. The molecule has 1 amide bonds. The van der Waals surface area contributed by atoms with Gasteiger partial charge >= 0.3 is 0 Å². The van der Waals surface area contributed by atoms with Crippen molar-refractivity contribution in [3.05, 3.63) is 30.1 Å². The van der Waals surface area contributed by atoms with Crippen molar-refractivity contribution in [2.45, 2.75) is 50.8 Å². The quantitative estimate of drug-likeness (QED) is 0.855. The van der Waals surface area contributed by atoms with Gasteiger partial charge in [-0.2, -0.15) is 4.72 Å². The van der Waals surface area contributed by atoms with E-state index < -0.39 is 26.8 Å². The van der Waals surface area contributed by atoms with Crippen LogP contribution in [0.1, 0.15) is 27.7 Å². The molecule has 0 aromatic heterocycles. The minimum absolute atomic E-state index is 0.122. The Labute approximate surface area is 148 Å². The van der Waals surface area contributed by atoms with E-state index in [-0.39, 0.29) is 24.0 Å². The number of rotatable bonds is 5. The number of carbonyl (C=O) groups is 1. The fraction of sp³-hybridized carbons (Fsp3) is 0.588. The van der Waals surface area contributed by atoms with Gasteiger partial charge in [-0.05, 0) is 31.9 Å². The third-order valence-corrected chi connectivity index (χ3v) is 5.55. The number of hydrogen-bond donors (Lipinski definition) is 1. The lowest BCUT2D eigenvalue weighted by atomic mass is 10.0. The molecular formula is C17H25FN2O4S. The highest BCUT2D eigenvalue weighted by molar-refractivity contribution is 7.89. The molecule has 1 aliphatic rings. The third kappa shape index (κ3) is 4.77. The van der Waals surface area contributed by atoms with Gasteiger partial charge < -0.3 is 9.64 Å². The van der Waals surface area contributed by atoms with Gasteiger partial charge in [-0.25, -0.2) is 12.8 Å². The maximum Gasteiger partial charge on any atom is 0.244 e. The summed E-state index contributed by atoms with van der Waals surface area (Å²) in [5, 5.41) is 0. The monoisotopic (exact) mass is 372 g/mol. The zero-order valence-corrected chi connectivity index (χ0v) is 15.7. The summed E-state index contributed by atoms with van der Waals surface area (Å²) >= 11 is 0. The maximum atomic E-state index is 13.9. The Hall–Kier alpha value is -1.51. The van der Waals surface area contributed by atoms with E-state index in [1.807, 2.05) is 13.8 Å². The number of carbonyl (C=O) groups excluding carboxylic acids is 1. The predicted octanol–water partition coefficient (Wildman–Crippen LogP) is 1.76. The standard InChI is InChI=1S/C17H25FN2O4S/c1-11(2)16(17(21)20-9-12(3)24-13(4)10-20)19-25(22,23)15-8-6-5-7-14(15)18/h5-8,11-13,16,19H,9-10H2,1-4H3. The van der Waals surface area contributed by atoms with Crippen LogP contribution in [0, 0.1) is 11.7 Å². The zero-order valence-electron chi connectivity index (χ0n) is 14.9. The summed E-state index contributed by atoms with van der Waals surface area (Å²) in [6.45, 7) is 8.02. The highest BCUT2D eigenvalue weighted by atomic mass is 32.2. The number of morpholine rings is 1. The number of benzene rings is 1. The summed E-state index contributed by atoms with van der Waals surface area (Å²) in [4.78, 5) is 14.0. The van der Waals surface area contributed by atoms with Crippen LogP contribution in [0.4, 0.5) is 4.39 Å². The van der Waals surface area contributed by atoms with E-state index in [1.165, 1.54) is 18.2 Å². The summed E-state index contributed by atoms with van der Waals surface area (Å²) in [6.07, 6.45) is -0.243. The molecule has 0 bridgehead atoms. The van der Waals surface area contributed by atoms with Gasteiger partial charge in [-0.3, -0.25) is 4.79 Å². The number of ether oxygens (including phenoxy) is 1. The van der Waals surface area contributed by atoms with Gasteiger partial charge in [-0.15, -0.1) is 0 Å². The maximum absolute atomic E-state index is 13.9. The van der Waals surface area contributed by atoms with Crippen molar-refractivity contribution in [2.75, 3.05) is 13.1 Å². The first-order valence-electron chi connectivity index (χ1n) is 8.33. The molecule has 1 saturated heterocycles. The van der Waals surface area contributed by atoms with Crippen LogP contribution in [0.5, 0.6) is 0 Å². The van der Waals surface area contributed by atoms with E-state index in [1.54, 1.807) is 18.7 Å². The van der Waals surface area contributed by atoms with Crippen molar-refractivity contribution in [2.24, 2.45) is 5.92 Å². The van der Waals surface area contributed by atoms with Crippen LogP contribution in [0.2, 0.25) is 0 Å². The molecule has 6 nitrogen and oxygen atoms in total. The van der Waals surface area contributed by atoms with Crippen LogP contribution < -0.4 is 4.72 Å². The molecular weight excluding hydrogens is 347 g/mol. The van der Waals surface area contributed by atoms with Crippen LogP contribution >= 0.6 is 0 Å². The summed E-state index contributed by atoms with van der Waals surface area (Å²) in [7, 11) is -4.15. The molecule has 25 heavy (non-hydrogen) atoms. The lowest BCUT2D eigenvalue weighted by Crippen LogP contribution is -2.56. The number of nitrogens with zero attached hydrogens (tertiary/aromatic N) is 1. The molecule has 3 unspecified atom stereocenters. The van der Waals surface area contributed by atoms with Crippen LogP contribution in [0.3, 0.4) is 0 Å². The van der Waals surface area contributed by atoms with Crippen molar-refractivity contribution >= 4 is 15.9 Å². The number of amides is 1. The fourth-order valence-corrected chi connectivity index (χ4v) is 4.34. The molecule has 1 heterocycles. The van der Waals surface area contributed by atoms with Crippen LogP contribution in [-0.4, -0.2) is 50.6 Å². The molecule has 0 radical (unpaired) electrons. The number of sulfonamides is 1. The summed E-state index contributed by atoms with van der Waals surface area (Å²) in [5.74, 6) is -1.46. The molecule has 2 rings (SSSR count). The zero-order chi connectivity index (χ0) is 18.8. The number of halogens is 1. The normalized spacial score (nSPS) is 22.9. The van der Waals surface area contributed by atoms with Gasteiger partial charge in [0.25, 0.3) is 0 Å². The smallest absolute Gasteiger partial charge is 0.244 e. The number of hydrogen-bond acceptors (Lipinski definition) is 4. The second-order valence-corrected chi connectivity index (χ2v) is 8.46. The molecule has 1 aromatic carbocycles. The molecule has 0 saturated carbocycles. The van der Waals surface area contributed by atoms with Gasteiger partial charge in [0, 0.05) is 13.1 Å². The Bertz CT molecular complexity index is 713. The summed E-state index contributed by atoms with van der Waals surface area (Å²) in [5.41, 5.74) is 0. The van der Waals surface area contributed by atoms with Gasteiger partial charge in [-0.1, -0.05) is 26.0 Å². The SMILES string of the molecule is CC1CN(C(=O)C(NS(=O)(=O)c2ccccc2F)C(C)C)CC(C)O1. The van der Waals surface area contributed by atoms with Crippen molar-refractivity contribution in [3.8, 4) is 0 Å². The second kappa shape index (κ2) is 7.80. The Morgan fingerprint density at radius 2 is 1.80 bits per heavy atom. The summed E-state index contributed by atoms with van der Waals surface area (Å²) < 4.78 is 46.9. The molecule has 1 N–H and O–H groups in total. The molecule has 3 atom stereocenters. The lowest BCUT2D eigenvalue weighted by molar-refractivity contribution is -0.145. The van der Waals surface area contributed by atoms with Crippen LogP contribution in [0.25, 0.3) is 0 Å². The van der Waals surface area contributed by atoms with Gasteiger partial charge in [0.2, 0.25) is 15.9 Å². The summed E-state index contributed by atoms with van der Waals surface area (Å²) in [6, 6.07) is 4.14. The Morgan fingerprint density at radius 1 is 1.24 bits per heavy atom. The first-order chi connectivity index (χ1) is 11.6. The van der Waals surface area contributed by atoms with E-state index in [9.17, 15) is 17.6 Å². The largest absolute Gasteiger partial charge is 0.372 e. The van der Waals surface area contributed by atoms with Crippen LogP contribution in [-0.2, 0) is 19.6 Å². The molecule has 0 spiro atoms. The number of nitrogens with one attached hydrogen (secondary N) is 1. The van der Waals surface area contributed by atoms with E-state index in [2.05, 4.69) is 4.72 Å². The van der Waals surface area contributed by atoms with Crippen molar-refractivity contribution in [1.29, 1.82) is 0 Å². The topological polar surface area (TPSA) is 75.7 Å². The van der Waals surface area contributed by atoms with Gasteiger partial charge in [0.15, 0.2) is 0 Å².